The van der Waals surface area contributed by atoms with Gasteiger partial charge in [0.05, 0.1) is 36.3 Å². The number of ether oxygens (including phenoxy) is 1. The second kappa shape index (κ2) is 6.65. The Labute approximate surface area is 154 Å². The second-order valence-electron chi connectivity index (χ2n) is 5.84. The van der Waals surface area contributed by atoms with Crippen LogP contribution in [-0.2, 0) is 11.3 Å². The van der Waals surface area contributed by atoms with Crippen molar-refractivity contribution < 1.29 is 14.3 Å². The van der Waals surface area contributed by atoms with Crippen molar-refractivity contribution in [1.82, 2.24) is 0 Å². The summed E-state index contributed by atoms with van der Waals surface area (Å²) in [6.45, 7) is 0.382. The summed E-state index contributed by atoms with van der Waals surface area (Å²) in [4.78, 5) is 28.1. The molecule has 0 spiro atoms. The lowest BCUT2D eigenvalue weighted by Gasteiger charge is -2.22. The van der Waals surface area contributed by atoms with Crippen molar-refractivity contribution in [2.75, 3.05) is 17.3 Å². The van der Waals surface area contributed by atoms with Crippen LogP contribution in [0.1, 0.15) is 24.9 Å². The Balaban J connectivity index is 1.75. The van der Waals surface area contributed by atoms with E-state index < -0.39 is 0 Å². The maximum Gasteiger partial charge on any atom is 0.348 e. The molecule has 1 aromatic heterocycles. The van der Waals surface area contributed by atoms with E-state index in [0.717, 1.165) is 21.9 Å². The average molecular weight is 364 g/mol. The number of esters is 1. The number of thiophene rings is 1. The number of para-hydroxylation sites is 3. The number of hydrogen-bond donors (Lipinski definition) is 1. The molecule has 5 nitrogen and oxygen atoms in total. The van der Waals surface area contributed by atoms with Crippen LogP contribution in [0.15, 0.2) is 60.7 Å². The Bertz CT molecular complexity index is 996. The molecule has 26 heavy (non-hydrogen) atoms. The number of carbonyl (C=O) groups is 2. The van der Waals surface area contributed by atoms with Crippen molar-refractivity contribution in [3.05, 3.63) is 76.0 Å². The van der Waals surface area contributed by atoms with Gasteiger partial charge in [0.25, 0.3) is 5.91 Å². The zero-order valence-electron chi connectivity index (χ0n) is 14.1. The quantitative estimate of drug-likeness (QED) is 0.698. The summed E-state index contributed by atoms with van der Waals surface area (Å²) in [5.41, 5.74) is 3.08. The lowest BCUT2D eigenvalue weighted by molar-refractivity contribution is 0.0606. The van der Waals surface area contributed by atoms with Crippen LogP contribution in [-0.4, -0.2) is 19.0 Å². The number of hydrogen-bond acceptors (Lipinski definition) is 5. The highest BCUT2D eigenvalue weighted by Gasteiger charge is 2.27. The number of benzene rings is 2. The minimum absolute atomic E-state index is 0.0777. The van der Waals surface area contributed by atoms with Crippen molar-refractivity contribution in [1.29, 1.82) is 0 Å². The van der Waals surface area contributed by atoms with Crippen LogP contribution in [0.25, 0.3) is 0 Å². The highest BCUT2D eigenvalue weighted by Crippen LogP contribution is 2.36. The normalized spacial score (nSPS) is 12.7. The Morgan fingerprint density at radius 1 is 1.04 bits per heavy atom. The molecule has 2 heterocycles. The fourth-order valence-electron chi connectivity index (χ4n) is 2.98. The Kier molecular flexibility index (Phi) is 4.18. The van der Waals surface area contributed by atoms with Gasteiger partial charge in [-0.15, -0.1) is 11.3 Å². The van der Waals surface area contributed by atoms with Gasteiger partial charge in [0.15, 0.2) is 0 Å². The van der Waals surface area contributed by atoms with Crippen molar-refractivity contribution >= 4 is 40.3 Å². The summed E-state index contributed by atoms with van der Waals surface area (Å²) in [5.74, 6) is -0.443. The highest BCUT2D eigenvalue weighted by molar-refractivity contribution is 7.13. The van der Waals surface area contributed by atoms with Crippen LogP contribution >= 0.6 is 11.3 Å². The van der Waals surface area contributed by atoms with Gasteiger partial charge in [-0.3, -0.25) is 4.79 Å². The van der Waals surface area contributed by atoms with Crippen LogP contribution < -0.4 is 10.2 Å². The maximum atomic E-state index is 13.2. The summed E-state index contributed by atoms with van der Waals surface area (Å²) in [5, 5.41) is 3.35. The van der Waals surface area contributed by atoms with Crippen LogP contribution in [0.2, 0.25) is 0 Å². The zero-order valence-corrected chi connectivity index (χ0v) is 14.9. The minimum Gasteiger partial charge on any atom is -0.465 e. The van der Waals surface area contributed by atoms with E-state index in [1.165, 1.54) is 18.4 Å². The lowest BCUT2D eigenvalue weighted by Crippen LogP contribution is -2.29. The standard InChI is InChI=1S/C20H16N2O3S/c1-25-20(24)18-11-10-13(26-18)12-22-17-9-5-4-8-16(17)21-15-7-3-2-6-14(15)19(22)23/h2-11,21H,12H2,1H3. The van der Waals surface area contributed by atoms with Crippen molar-refractivity contribution in [3.8, 4) is 0 Å². The molecule has 0 bridgehead atoms. The summed E-state index contributed by atoms with van der Waals surface area (Å²) < 4.78 is 4.76. The van der Waals surface area contributed by atoms with Gasteiger partial charge in [-0.1, -0.05) is 24.3 Å². The molecule has 1 aliphatic rings. The van der Waals surface area contributed by atoms with Gasteiger partial charge in [-0.2, -0.15) is 0 Å². The van der Waals surface area contributed by atoms with Crippen LogP contribution in [0.3, 0.4) is 0 Å². The maximum absolute atomic E-state index is 13.2. The average Bonchev–Trinajstić information content (AvgIpc) is 3.10. The SMILES string of the molecule is COC(=O)c1ccc(CN2C(=O)c3ccccc3Nc3ccccc32)s1. The minimum atomic E-state index is -0.365. The van der Waals surface area contributed by atoms with Crippen LogP contribution in [0.5, 0.6) is 0 Å². The van der Waals surface area contributed by atoms with E-state index in [1.54, 1.807) is 11.0 Å². The van der Waals surface area contributed by atoms with Gasteiger partial charge >= 0.3 is 5.97 Å². The van der Waals surface area contributed by atoms with Gasteiger partial charge in [0, 0.05) is 4.88 Å². The van der Waals surface area contributed by atoms with Gasteiger partial charge in [-0.25, -0.2) is 4.79 Å². The number of carbonyl (C=O) groups excluding carboxylic acids is 2. The molecule has 4 rings (SSSR count). The van der Waals surface area contributed by atoms with Gasteiger partial charge in [0.2, 0.25) is 0 Å². The Hall–Kier alpha value is -3.12. The molecule has 0 unspecified atom stereocenters. The molecule has 130 valence electrons. The molecule has 0 radical (unpaired) electrons. The smallest absolute Gasteiger partial charge is 0.348 e. The molecular formula is C20H16N2O3S. The van der Waals surface area contributed by atoms with E-state index >= 15 is 0 Å². The van der Waals surface area contributed by atoms with E-state index in [0.29, 0.717) is 17.0 Å². The fourth-order valence-corrected chi connectivity index (χ4v) is 3.89. The van der Waals surface area contributed by atoms with Crippen molar-refractivity contribution in [3.63, 3.8) is 0 Å². The largest absolute Gasteiger partial charge is 0.465 e. The van der Waals surface area contributed by atoms with Crippen molar-refractivity contribution in [2.24, 2.45) is 0 Å². The third-order valence-corrected chi connectivity index (χ3v) is 5.28. The number of anilines is 3. The first-order chi connectivity index (χ1) is 12.7. The van der Waals surface area contributed by atoms with Crippen molar-refractivity contribution in [2.45, 2.75) is 6.54 Å². The first-order valence-corrected chi connectivity index (χ1v) is 8.93. The predicted octanol–water partition coefficient (Wildman–Crippen LogP) is 4.44. The number of rotatable bonds is 3. The van der Waals surface area contributed by atoms with E-state index in [4.69, 9.17) is 4.74 Å². The zero-order chi connectivity index (χ0) is 18.1. The summed E-state index contributed by atoms with van der Waals surface area (Å²) in [6, 6.07) is 18.8. The number of nitrogens with one attached hydrogen (secondary N) is 1. The third-order valence-electron chi connectivity index (χ3n) is 4.23. The summed E-state index contributed by atoms with van der Waals surface area (Å²) in [6.07, 6.45) is 0. The number of methoxy groups -OCH3 is 1. The lowest BCUT2D eigenvalue weighted by atomic mass is 10.1. The van der Waals surface area contributed by atoms with E-state index in [1.807, 2.05) is 54.6 Å². The highest BCUT2D eigenvalue weighted by atomic mass is 32.1. The van der Waals surface area contributed by atoms with E-state index in [9.17, 15) is 9.59 Å². The Morgan fingerprint density at radius 3 is 2.58 bits per heavy atom. The van der Waals surface area contributed by atoms with Gasteiger partial charge in [-0.05, 0) is 36.4 Å². The van der Waals surface area contributed by atoms with E-state index in [-0.39, 0.29) is 11.9 Å². The fraction of sp³-hybridized carbons (Fsp3) is 0.100. The third kappa shape index (κ3) is 2.84. The molecule has 0 atom stereocenters. The molecule has 1 N–H and O–H groups in total. The molecule has 0 saturated heterocycles. The molecular weight excluding hydrogens is 348 g/mol. The second-order valence-corrected chi connectivity index (χ2v) is 7.00. The molecule has 2 aromatic carbocycles. The molecule has 1 aliphatic heterocycles. The van der Waals surface area contributed by atoms with E-state index in [2.05, 4.69) is 5.32 Å². The van der Waals surface area contributed by atoms with Gasteiger partial charge in [0.1, 0.15) is 4.88 Å². The van der Waals surface area contributed by atoms with Crippen LogP contribution in [0, 0.1) is 0 Å². The number of fused-ring (bicyclic) bond motifs is 2. The summed E-state index contributed by atoms with van der Waals surface area (Å²) >= 11 is 1.34. The number of amides is 1. The molecule has 0 fully saturated rings. The first-order valence-electron chi connectivity index (χ1n) is 8.11. The predicted molar refractivity (Wildman–Crippen MR) is 102 cm³/mol. The number of nitrogens with zero attached hydrogens (tertiary/aromatic N) is 1. The van der Waals surface area contributed by atoms with Gasteiger partial charge < -0.3 is 15.0 Å². The first kappa shape index (κ1) is 16.4. The topological polar surface area (TPSA) is 58.6 Å². The molecule has 0 aliphatic carbocycles. The molecule has 3 aromatic rings. The monoisotopic (exact) mass is 364 g/mol. The molecule has 0 saturated carbocycles. The van der Waals surface area contributed by atoms with Crippen LogP contribution in [0.4, 0.5) is 17.1 Å². The molecule has 6 heteroatoms. The molecule has 1 amide bonds. The summed E-state index contributed by atoms with van der Waals surface area (Å²) in [7, 11) is 1.36. The Morgan fingerprint density at radius 2 is 1.77 bits per heavy atom.